The van der Waals surface area contributed by atoms with E-state index in [9.17, 15) is 5.21 Å². The number of aliphatic hydroxyl groups excluding tert-OH is 1. The number of nitrogens with zero attached hydrogens (tertiary/aromatic N) is 2. The SMILES string of the molecule is CC(O)c1cncc[n+]1[O-]. The summed E-state index contributed by atoms with van der Waals surface area (Å²) in [6.07, 6.45) is 3.21. The largest absolute Gasteiger partial charge is 0.618 e. The predicted molar refractivity (Wildman–Crippen MR) is 33.8 cm³/mol. The van der Waals surface area contributed by atoms with E-state index in [0.717, 1.165) is 0 Å². The van der Waals surface area contributed by atoms with Gasteiger partial charge in [0.05, 0.1) is 12.4 Å². The first-order valence-electron chi connectivity index (χ1n) is 2.93. The van der Waals surface area contributed by atoms with E-state index in [1.54, 1.807) is 0 Å². The molecule has 1 aromatic heterocycles. The molecule has 0 fully saturated rings. The summed E-state index contributed by atoms with van der Waals surface area (Å²) in [5.41, 5.74) is 0.266. The van der Waals surface area contributed by atoms with Crippen molar-refractivity contribution < 1.29 is 9.84 Å². The lowest BCUT2D eigenvalue weighted by Crippen LogP contribution is -2.32. The van der Waals surface area contributed by atoms with Crippen LogP contribution in [0.5, 0.6) is 0 Å². The Balaban J connectivity index is 3.03. The van der Waals surface area contributed by atoms with E-state index in [-0.39, 0.29) is 5.69 Å². The third kappa shape index (κ3) is 1.22. The molecule has 0 bridgehead atoms. The zero-order valence-corrected chi connectivity index (χ0v) is 5.56. The molecule has 0 aromatic carbocycles. The molecule has 0 amide bonds. The Morgan fingerprint density at radius 2 is 2.50 bits per heavy atom. The van der Waals surface area contributed by atoms with Gasteiger partial charge in [0.15, 0.2) is 6.20 Å². The maximum atomic E-state index is 10.8. The highest BCUT2D eigenvalue weighted by Gasteiger charge is 2.09. The topological polar surface area (TPSA) is 60.1 Å². The van der Waals surface area contributed by atoms with E-state index >= 15 is 0 Å². The van der Waals surface area contributed by atoms with Crippen molar-refractivity contribution in [3.05, 3.63) is 29.5 Å². The minimum absolute atomic E-state index is 0.266. The summed E-state index contributed by atoms with van der Waals surface area (Å²) >= 11 is 0. The van der Waals surface area contributed by atoms with Crippen LogP contribution >= 0.6 is 0 Å². The van der Waals surface area contributed by atoms with Gasteiger partial charge in [-0.25, -0.2) is 0 Å². The number of hydrogen-bond donors (Lipinski definition) is 1. The molecule has 54 valence electrons. The highest BCUT2D eigenvalue weighted by Crippen LogP contribution is 2.02. The standard InChI is InChI=1S/C6H8N2O2/c1-5(9)6-4-7-2-3-8(6)10/h2-5,9H,1H3. The molecule has 1 aromatic rings. The van der Waals surface area contributed by atoms with E-state index in [1.165, 1.54) is 25.5 Å². The molecule has 0 radical (unpaired) electrons. The summed E-state index contributed by atoms with van der Waals surface area (Å²) in [4.78, 5) is 3.69. The number of aliphatic hydroxyl groups is 1. The molecule has 1 N–H and O–H groups in total. The van der Waals surface area contributed by atoms with Crippen LogP contribution in [0.15, 0.2) is 18.6 Å². The van der Waals surface area contributed by atoms with Crippen LogP contribution in [-0.4, -0.2) is 10.1 Å². The Bertz CT molecular complexity index is 225. The molecule has 0 saturated heterocycles. The quantitative estimate of drug-likeness (QED) is 0.433. The van der Waals surface area contributed by atoms with E-state index in [2.05, 4.69) is 4.98 Å². The van der Waals surface area contributed by atoms with Gasteiger partial charge in [0.1, 0.15) is 6.10 Å². The molecule has 0 aliphatic heterocycles. The van der Waals surface area contributed by atoms with Gasteiger partial charge in [0.2, 0.25) is 5.69 Å². The highest BCUT2D eigenvalue weighted by atomic mass is 16.5. The van der Waals surface area contributed by atoms with Gasteiger partial charge in [-0.2, -0.15) is 4.73 Å². The van der Waals surface area contributed by atoms with Crippen molar-refractivity contribution in [2.24, 2.45) is 0 Å². The molecule has 0 aliphatic rings. The summed E-state index contributed by atoms with van der Waals surface area (Å²) in [6, 6.07) is 0. The zero-order valence-electron chi connectivity index (χ0n) is 5.56. The molecule has 1 rings (SSSR count). The van der Waals surface area contributed by atoms with Crippen LogP contribution < -0.4 is 4.73 Å². The fourth-order valence-corrected chi connectivity index (χ4v) is 0.653. The second-order valence-electron chi connectivity index (χ2n) is 2.00. The third-order valence-corrected chi connectivity index (χ3v) is 1.18. The molecule has 0 spiro atoms. The third-order valence-electron chi connectivity index (χ3n) is 1.18. The number of hydrogen-bond acceptors (Lipinski definition) is 3. The molecular weight excluding hydrogens is 132 g/mol. The van der Waals surface area contributed by atoms with Crippen molar-refractivity contribution in [3.63, 3.8) is 0 Å². The molecule has 1 atom stereocenters. The first-order valence-corrected chi connectivity index (χ1v) is 2.93. The Morgan fingerprint density at radius 1 is 1.80 bits per heavy atom. The van der Waals surface area contributed by atoms with Crippen molar-refractivity contribution in [2.45, 2.75) is 13.0 Å². The van der Waals surface area contributed by atoms with Crippen molar-refractivity contribution in [1.29, 1.82) is 0 Å². The molecule has 0 saturated carbocycles. The van der Waals surface area contributed by atoms with Crippen LogP contribution in [0.3, 0.4) is 0 Å². The predicted octanol–water partition coefficient (Wildman–Crippen LogP) is -0.232. The summed E-state index contributed by atoms with van der Waals surface area (Å²) in [7, 11) is 0. The smallest absolute Gasteiger partial charge is 0.239 e. The monoisotopic (exact) mass is 140 g/mol. The molecule has 4 heteroatoms. The van der Waals surface area contributed by atoms with Crippen LogP contribution in [0.25, 0.3) is 0 Å². The van der Waals surface area contributed by atoms with Crippen molar-refractivity contribution in [2.75, 3.05) is 0 Å². The summed E-state index contributed by atoms with van der Waals surface area (Å²) in [5, 5.41) is 19.7. The molecular formula is C6H8N2O2. The van der Waals surface area contributed by atoms with Gasteiger partial charge in [0, 0.05) is 0 Å². The molecule has 1 heterocycles. The second kappa shape index (κ2) is 2.62. The van der Waals surface area contributed by atoms with Crippen LogP contribution in [0.2, 0.25) is 0 Å². The Labute approximate surface area is 58.4 Å². The van der Waals surface area contributed by atoms with Gasteiger partial charge in [-0.1, -0.05) is 0 Å². The van der Waals surface area contributed by atoms with Crippen molar-refractivity contribution in [1.82, 2.24) is 4.98 Å². The molecule has 1 unspecified atom stereocenters. The van der Waals surface area contributed by atoms with Crippen molar-refractivity contribution >= 4 is 0 Å². The van der Waals surface area contributed by atoms with E-state index < -0.39 is 6.10 Å². The maximum Gasteiger partial charge on any atom is 0.239 e. The van der Waals surface area contributed by atoms with Gasteiger partial charge in [-0.3, -0.25) is 4.98 Å². The molecule has 4 nitrogen and oxygen atoms in total. The fraction of sp³-hybridized carbons (Fsp3) is 0.333. The Hall–Kier alpha value is -1.16. The minimum Gasteiger partial charge on any atom is -0.618 e. The van der Waals surface area contributed by atoms with Crippen LogP contribution in [0.4, 0.5) is 0 Å². The highest BCUT2D eigenvalue weighted by molar-refractivity contribution is 4.89. The first-order chi connectivity index (χ1) is 4.72. The van der Waals surface area contributed by atoms with Crippen LogP contribution in [0, 0.1) is 5.21 Å². The summed E-state index contributed by atoms with van der Waals surface area (Å²) in [5.74, 6) is 0. The lowest BCUT2D eigenvalue weighted by Gasteiger charge is -2.03. The van der Waals surface area contributed by atoms with E-state index in [0.29, 0.717) is 4.73 Å². The lowest BCUT2D eigenvalue weighted by atomic mass is 10.3. The molecule has 10 heavy (non-hydrogen) atoms. The second-order valence-corrected chi connectivity index (χ2v) is 2.00. The van der Waals surface area contributed by atoms with Gasteiger partial charge >= 0.3 is 0 Å². The Kier molecular flexibility index (Phi) is 1.82. The van der Waals surface area contributed by atoms with Crippen LogP contribution in [-0.2, 0) is 0 Å². The summed E-state index contributed by atoms with van der Waals surface area (Å²) < 4.78 is 0.595. The Morgan fingerprint density at radius 3 is 2.90 bits per heavy atom. The fourth-order valence-electron chi connectivity index (χ4n) is 0.653. The lowest BCUT2D eigenvalue weighted by molar-refractivity contribution is -0.618. The van der Waals surface area contributed by atoms with Gasteiger partial charge < -0.3 is 10.3 Å². The zero-order chi connectivity index (χ0) is 7.56. The maximum absolute atomic E-state index is 10.8. The van der Waals surface area contributed by atoms with Gasteiger partial charge in [0.25, 0.3) is 0 Å². The van der Waals surface area contributed by atoms with Crippen molar-refractivity contribution in [3.8, 4) is 0 Å². The normalized spacial score (nSPS) is 13.0. The van der Waals surface area contributed by atoms with E-state index in [4.69, 9.17) is 5.11 Å². The van der Waals surface area contributed by atoms with E-state index in [1.807, 2.05) is 0 Å². The minimum atomic E-state index is -0.758. The molecule has 0 aliphatic carbocycles. The van der Waals surface area contributed by atoms with Crippen LogP contribution in [0.1, 0.15) is 18.7 Å². The van der Waals surface area contributed by atoms with Gasteiger partial charge in [-0.05, 0) is 6.92 Å². The number of aromatic nitrogens is 2. The average molecular weight is 140 g/mol. The average Bonchev–Trinajstić information content (AvgIpc) is 1.88. The number of rotatable bonds is 1. The summed E-state index contributed by atoms with van der Waals surface area (Å²) in [6.45, 7) is 1.52. The van der Waals surface area contributed by atoms with Gasteiger partial charge in [-0.15, -0.1) is 0 Å². The first kappa shape index (κ1) is 6.95.